The van der Waals surface area contributed by atoms with Crippen LogP contribution in [-0.4, -0.2) is 43.9 Å². The van der Waals surface area contributed by atoms with Gasteiger partial charge in [-0.15, -0.1) is 0 Å². The molecular weight excluding hydrogens is 373 g/mol. The summed E-state index contributed by atoms with van der Waals surface area (Å²) in [7, 11) is 3.98. The summed E-state index contributed by atoms with van der Waals surface area (Å²) in [5.74, 6) is -0.485. The average molecular weight is 394 g/mol. The summed E-state index contributed by atoms with van der Waals surface area (Å²) in [5, 5.41) is 6.22. The highest BCUT2D eigenvalue weighted by Crippen LogP contribution is 2.29. The van der Waals surface area contributed by atoms with Crippen LogP contribution in [0.2, 0.25) is 10.0 Å². The molecule has 0 heterocycles. The summed E-state index contributed by atoms with van der Waals surface area (Å²) in [6.45, 7) is 1.51. The molecule has 0 spiro atoms. The van der Waals surface area contributed by atoms with Gasteiger partial charge in [-0.05, 0) is 63.5 Å². The fourth-order valence-corrected chi connectivity index (χ4v) is 2.61. The highest BCUT2D eigenvalue weighted by Gasteiger charge is 2.11. The zero-order valence-electron chi connectivity index (χ0n) is 14.7. The van der Waals surface area contributed by atoms with E-state index in [0.717, 1.165) is 13.0 Å². The average Bonchev–Trinajstić information content (AvgIpc) is 2.62. The molecule has 0 aliphatic heterocycles. The highest BCUT2D eigenvalue weighted by atomic mass is 35.5. The first-order valence-electron chi connectivity index (χ1n) is 8.17. The number of anilines is 1. The van der Waals surface area contributed by atoms with Gasteiger partial charge in [0.2, 0.25) is 0 Å². The third-order valence-corrected chi connectivity index (χ3v) is 4.50. The first-order valence-corrected chi connectivity index (χ1v) is 8.92. The molecule has 2 aromatic rings. The van der Waals surface area contributed by atoms with Gasteiger partial charge in [0.25, 0.3) is 11.8 Å². The minimum Gasteiger partial charge on any atom is -0.352 e. The third kappa shape index (κ3) is 5.73. The predicted octanol–water partition coefficient (Wildman–Crippen LogP) is 3.93. The van der Waals surface area contributed by atoms with Gasteiger partial charge in [-0.3, -0.25) is 9.59 Å². The molecule has 0 bridgehead atoms. The van der Waals surface area contributed by atoms with Crippen molar-refractivity contribution in [3.05, 3.63) is 63.6 Å². The Morgan fingerprint density at radius 2 is 1.58 bits per heavy atom. The summed E-state index contributed by atoms with van der Waals surface area (Å²) < 4.78 is 0. The second kappa shape index (κ2) is 9.57. The van der Waals surface area contributed by atoms with E-state index in [1.165, 1.54) is 0 Å². The van der Waals surface area contributed by atoms with Gasteiger partial charge in [0.1, 0.15) is 0 Å². The van der Waals surface area contributed by atoms with Crippen molar-refractivity contribution in [3.63, 3.8) is 0 Å². The lowest BCUT2D eigenvalue weighted by atomic mass is 10.1. The molecule has 0 atom stereocenters. The normalized spacial score (nSPS) is 10.7. The van der Waals surface area contributed by atoms with E-state index in [-0.39, 0.29) is 16.8 Å². The minimum absolute atomic E-state index is 0.159. The van der Waals surface area contributed by atoms with Crippen molar-refractivity contribution in [1.82, 2.24) is 10.2 Å². The van der Waals surface area contributed by atoms with E-state index in [1.54, 1.807) is 42.5 Å². The Bertz CT molecular complexity index is 777. The molecule has 138 valence electrons. The van der Waals surface area contributed by atoms with Crippen LogP contribution < -0.4 is 10.6 Å². The number of amides is 2. The molecule has 0 unspecified atom stereocenters. The smallest absolute Gasteiger partial charge is 0.255 e. The van der Waals surface area contributed by atoms with E-state index in [4.69, 9.17) is 23.2 Å². The number of rotatable bonds is 7. The van der Waals surface area contributed by atoms with Gasteiger partial charge in [-0.2, -0.15) is 0 Å². The Labute approximate surface area is 163 Å². The summed E-state index contributed by atoms with van der Waals surface area (Å²) in [6.07, 6.45) is 0.875. The van der Waals surface area contributed by atoms with Gasteiger partial charge in [0.15, 0.2) is 0 Å². The van der Waals surface area contributed by atoms with E-state index in [0.29, 0.717) is 28.4 Å². The summed E-state index contributed by atoms with van der Waals surface area (Å²) in [5.41, 5.74) is 1.37. The molecule has 2 rings (SSSR count). The van der Waals surface area contributed by atoms with Gasteiger partial charge in [-0.25, -0.2) is 0 Å². The molecule has 2 N–H and O–H groups in total. The van der Waals surface area contributed by atoms with E-state index in [2.05, 4.69) is 15.5 Å². The highest BCUT2D eigenvalue weighted by molar-refractivity contribution is 6.44. The SMILES string of the molecule is CN(C)CCCNC(=O)c1ccc(C(=O)Nc2cccc(Cl)c2Cl)cc1. The summed E-state index contributed by atoms with van der Waals surface area (Å²) in [6, 6.07) is 11.5. The van der Waals surface area contributed by atoms with E-state index in [1.807, 2.05) is 14.1 Å². The number of halogens is 2. The van der Waals surface area contributed by atoms with Crippen LogP contribution in [-0.2, 0) is 0 Å². The van der Waals surface area contributed by atoms with Gasteiger partial charge >= 0.3 is 0 Å². The van der Waals surface area contributed by atoms with Crippen LogP contribution in [0.3, 0.4) is 0 Å². The zero-order valence-corrected chi connectivity index (χ0v) is 16.2. The Hall–Kier alpha value is -2.08. The standard InChI is InChI=1S/C19H21Cl2N3O2/c1-24(2)12-4-11-22-18(25)13-7-9-14(10-8-13)19(26)23-16-6-3-5-15(20)17(16)21/h3,5-10H,4,11-12H2,1-2H3,(H,22,25)(H,23,26). The minimum atomic E-state index is -0.327. The topological polar surface area (TPSA) is 61.4 Å². The van der Waals surface area contributed by atoms with Gasteiger partial charge in [0, 0.05) is 17.7 Å². The second-order valence-electron chi connectivity index (χ2n) is 6.05. The molecule has 26 heavy (non-hydrogen) atoms. The van der Waals surface area contributed by atoms with Gasteiger partial charge in [0.05, 0.1) is 15.7 Å². The van der Waals surface area contributed by atoms with Crippen molar-refractivity contribution < 1.29 is 9.59 Å². The lowest BCUT2D eigenvalue weighted by Gasteiger charge is -2.10. The van der Waals surface area contributed by atoms with Crippen LogP contribution in [0.4, 0.5) is 5.69 Å². The van der Waals surface area contributed by atoms with Crippen LogP contribution in [0.5, 0.6) is 0 Å². The monoisotopic (exact) mass is 393 g/mol. The molecular formula is C19H21Cl2N3O2. The predicted molar refractivity (Wildman–Crippen MR) is 106 cm³/mol. The number of benzene rings is 2. The fourth-order valence-electron chi connectivity index (χ4n) is 2.27. The van der Waals surface area contributed by atoms with Gasteiger partial charge in [-0.1, -0.05) is 29.3 Å². The molecule has 0 radical (unpaired) electrons. The fraction of sp³-hybridized carbons (Fsp3) is 0.263. The Kier molecular flexibility index (Phi) is 7.45. The molecule has 0 saturated carbocycles. The number of carbonyl (C=O) groups is 2. The van der Waals surface area contributed by atoms with Crippen molar-refractivity contribution in [2.45, 2.75) is 6.42 Å². The molecule has 2 aromatic carbocycles. The Morgan fingerprint density at radius 1 is 0.962 bits per heavy atom. The molecule has 0 aliphatic rings. The Balaban J connectivity index is 1.94. The lowest BCUT2D eigenvalue weighted by molar-refractivity contribution is 0.0950. The molecule has 0 aliphatic carbocycles. The zero-order chi connectivity index (χ0) is 19.1. The number of carbonyl (C=O) groups excluding carboxylic acids is 2. The van der Waals surface area contributed by atoms with Crippen LogP contribution in [0, 0.1) is 0 Å². The first kappa shape index (κ1) is 20.2. The number of hydrogen-bond acceptors (Lipinski definition) is 3. The van der Waals surface area contributed by atoms with Gasteiger partial charge < -0.3 is 15.5 Å². The van der Waals surface area contributed by atoms with Crippen molar-refractivity contribution >= 4 is 40.7 Å². The molecule has 7 heteroatoms. The molecule has 2 amide bonds. The van der Waals surface area contributed by atoms with Crippen LogP contribution in [0.25, 0.3) is 0 Å². The second-order valence-corrected chi connectivity index (χ2v) is 6.83. The molecule has 0 saturated heterocycles. The number of nitrogens with one attached hydrogen (secondary N) is 2. The van der Waals surface area contributed by atoms with E-state index >= 15 is 0 Å². The molecule has 0 aromatic heterocycles. The number of hydrogen-bond donors (Lipinski definition) is 2. The lowest BCUT2D eigenvalue weighted by Crippen LogP contribution is -2.27. The van der Waals surface area contributed by atoms with E-state index in [9.17, 15) is 9.59 Å². The summed E-state index contributed by atoms with van der Waals surface area (Å²) in [4.78, 5) is 26.5. The van der Waals surface area contributed by atoms with Crippen molar-refractivity contribution in [1.29, 1.82) is 0 Å². The number of nitrogens with zero attached hydrogens (tertiary/aromatic N) is 1. The van der Waals surface area contributed by atoms with Crippen molar-refractivity contribution in [2.24, 2.45) is 0 Å². The molecule has 5 nitrogen and oxygen atoms in total. The Morgan fingerprint density at radius 3 is 2.19 bits per heavy atom. The quantitative estimate of drug-likeness (QED) is 0.700. The maximum atomic E-state index is 12.3. The first-order chi connectivity index (χ1) is 12.4. The van der Waals surface area contributed by atoms with Crippen LogP contribution in [0.1, 0.15) is 27.1 Å². The van der Waals surface area contributed by atoms with Crippen molar-refractivity contribution in [2.75, 3.05) is 32.5 Å². The van der Waals surface area contributed by atoms with E-state index < -0.39 is 0 Å². The maximum absolute atomic E-state index is 12.3. The molecule has 0 fully saturated rings. The van der Waals surface area contributed by atoms with Crippen LogP contribution >= 0.6 is 23.2 Å². The maximum Gasteiger partial charge on any atom is 0.255 e. The largest absolute Gasteiger partial charge is 0.352 e. The summed E-state index contributed by atoms with van der Waals surface area (Å²) >= 11 is 12.0. The van der Waals surface area contributed by atoms with Crippen molar-refractivity contribution in [3.8, 4) is 0 Å². The van der Waals surface area contributed by atoms with Crippen LogP contribution in [0.15, 0.2) is 42.5 Å². The third-order valence-electron chi connectivity index (χ3n) is 3.68.